The zero-order valence-electron chi connectivity index (χ0n) is 10.3. The van der Waals surface area contributed by atoms with Crippen LogP contribution in [-0.4, -0.2) is 21.0 Å². The van der Waals surface area contributed by atoms with Crippen molar-refractivity contribution in [3.63, 3.8) is 0 Å². The van der Waals surface area contributed by atoms with E-state index >= 15 is 0 Å². The number of pyridine rings is 1. The summed E-state index contributed by atoms with van der Waals surface area (Å²) in [6.45, 7) is 0.0559. The van der Waals surface area contributed by atoms with E-state index in [1.807, 2.05) is 0 Å². The van der Waals surface area contributed by atoms with Gasteiger partial charge in [0.15, 0.2) is 0 Å². The van der Waals surface area contributed by atoms with E-state index in [4.69, 9.17) is 11.2 Å². The molecule has 7 heteroatoms. The van der Waals surface area contributed by atoms with Crippen molar-refractivity contribution in [2.24, 2.45) is 0 Å². The molecule has 7 nitrogen and oxygen atoms in total. The molecule has 2 aromatic heterocycles. The number of aromatic nitrogens is 3. The zero-order valence-corrected chi connectivity index (χ0v) is 10.3. The van der Waals surface area contributed by atoms with E-state index in [9.17, 15) is 9.59 Å². The Balaban J connectivity index is 2.00. The molecule has 1 amide bonds. The molecule has 0 aliphatic heterocycles. The summed E-state index contributed by atoms with van der Waals surface area (Å²) in [5.41, 5.74) is 0.373. The van der Waals surface area contributed by atoms with Crippen LogP contribution in [0.1, 0.15) is 11.1 Å². The van der Waals surface area contributed by atoms with Crippen molar-refractivity contribution >= 4 is 11.9 Å². The van der Waals surface area contributed by atoms with E-state index in [1.165, 1.54) is 6.20 Å². The molecule has 0 bridgehead atoms. The first kappa shape index (κ1) is 13.3. The minimum atomic E-state index is -0.743. The van der Waals surface area contributed by atoms with Crippen molar-refractivity contribution in [1.82, 2.24) is 15.0 Å². The fourth-order valence-corrected chi connectivity index (χ4v) is 1.37. The Labute approximate surface area is 114 Å². The second-order valence-electron chi connectivity index (χ2n) is 3.68. The predicted octanol–water partition coefficient (Wildman–Crippen LogP) is 0.895. The standard InChI is InChI=1S/C13H10N4O3/c1-2-10-7-15-12(18)16-11(10)17-13(19)20-8-9-4-3-5-14-6-9/h1,3-7H,8H2,(H2,15,16,17,18,19). The third-order valence-electron chi connectivity index (χ3n) is 2.29. The molecule has 2 aromatic rings. The summed E-state index contributed by atoms with van der Waals surface area (Å²) in [7, 11) is 0. The lowest BCUT2D eigenvalue weighted by molar-refractivity contribution is 0.155. The number of hydrogen-bond acceptors (Lipinski definition) is 5. The Morgan fingerprint density at radius 1 is 1.50 bits per heavy atom. The third kappa shape index (κ3) is 3.43. The van der Waals surface area contributed by atoms with Gasteiger partial charge >= 0.3 is 11.8 Å². The smallest absolute Gasteiger partial charge is 0.413 e. The van der Waals surface area contributed by atoms with Gasteiger partial charge in [0, 0.05) is 18.0 Å². The molecule has 2 heterocycles. The number of aromatic amines is 1. The number of rotatable bonds is 3. The van der Waals surface area contributed by atoms with Crippen molar-refractivity contribution in [2.45, 2.75) is 6.61 Å². The molecule has 0 aliphatic rings. The molecule has 0 radical (unpaired) electrons. The van der Waals surface area contributed by atoms with E-state index in [0.717, 1.165) is 5.56 Å². The van der Waals surface area contributed by atoms with Gasteiger partial charge in [-0.1, -0.05) is 12.0 Å². The van der Waals surface area contributed by atoms with Crippen LogP contribution in [0, 0.1) is 12.3 Å². The maximum Gasteiger partial charge on any atom is 0.413 e. The first-order valence-corrected chi connectivity index (χ1v) is 5.57. The molecule has 2 N–H and O–H groups in total. The number of nitrogens with zero attached hydrogens (tertiary/aromatic N) is 2. The Hall–Kier alpha value is -3.14. The van der Waals surface area contributed by atoms with E-state index in [1.54, 1.807) is 24.5 Å². The monoisotopic (exact) mass is 270 g/mol. The van der Waals surface area contributed by atoms with Gasteiger partial charge in [-0.05, 0) is 6.07 Å². The number of carbonyl (C=O) groups is 1. The second kappa shape index (κ2) is 6.15. The Kier molecular flexibility index (Phi) is 4.09. The summed E-state index contributed by atoms with van der Waals surface area (Å²) in [5.74, 6) is 2.36. The van der Waals surface area contributed by atoms with Gasteiger partial charge in [0.25, 0.3) is 0 Å². The van der Waals surface area contributed by atoms with Crippen LogP contribution in [0.4, 0.5) is 10.6 Å². The molecule has 0 aromatic carbocycles. The van der Waals surface area contributed by atoms with Crippen molar-refractivity contribution in [3.05, 3.63) is 52.3 Å². The largest absolute Gasteiger partial charge is 0.444 e. The molecule has 0 fully saturated rings. The third-order valence-corrected chi connectivity index (χ3v) is 2.29. The number of amides is 1. The summed E-state index contributed by atoms with van der Waals surface area (Å²) < 4.78 is 4.97. The highest BCUT2D eigenvalue weighted by atomic mass is 16.5. The highest BCUT2D eigenvalue weighted by Crippen LogP contribution is 2.07. The van der Waals surface area contributed by atoms with Crippen molar-refractivity contribution in [3.8, 4) is 12.3 Å². The van der Waals surface area contributed by atoms with Gasteiger partial charge < -0.3 is 4.74 Å². The van der Waals surface area contributed by atoms with Crippen molar-refractivity contribution < 1.29 is 9.53 Å². The number of ether oxygens (including phenoxy) is 1. The highest BCUT2D eigenvalue weighted by Gasteiger charge is 2.08. The fourth-order valence-electron chi connectivity index (χ4n) is 1.37. The van der Waals surface area contributed by atoms with E-state index in [2.05, 4.69) is 26.2 Å². The molecule has 100 valence electrons. The molecular weight excluding hydrogens is 260 g/mol. The van der Waals surface area contributed by atoms with Crippen LogP contribution in [0.5, 0.6) is 0 Å². The molecule has 2 rings (SSSR count). The van der Waals surface area contributed by atoms with Crippen LogP contribution < -0.4 is 11.0 Å². The van der Waals surface area contributed by atoms with Gasteiger partial charge in [-0.15, -0.1) is 6.42 Å². The van der Waals surface area contributed by atoms with Crippen LogP contribution in [0.3, 0.4) is 0 Å². The van der Waals surface area contributed by atoms with Crippen LogP contribution in [0.15, 0.2) is 35.5 Å². The average Bonchev–Trinajstić information content (AvgIpc) is 2.46. The van der Waals surface area contributed by atoms with Gasteiger partial charge in [-0.25, -0.2) is 14.6 Å². The number of H-pyrrole nitrogens is 1. The lowest BCUT2D eigenvalue weighted by Crippen LogP contribution is -2.20. The number of hydrogen-bond donors (Lipinski definition) is 2. The molecule has 20 heavy (non-hydrogen) atoms. The highest BCUT2D eigenvalue weighted by molar-refractivity contribution is 5.84. The topological polar surface area (TPSA) is 97.0 Å². The summed E-state index contributed by atoms with van der Waals surface area (Å²) in [6.07, 6.45) is 8.87. The second-order valence-corrected chi connectivity index (χ2v) is 3.68. The molecule has 0 atom stereocenters. The predicted molar refractivity (Wildman–Crippen MR) is 70.8 cm³/mol. The van der Waals surface area contributed by atoms with E-state index in [-0.39, 0.29) is 18.0 Å². The Bertz CT molecular complexity index is 704. The van der Waals surface area contributed by atoms with Gasteiger partial charge in [0.2, 0.25) is 0 Å². The average molecular weight is 270 g/mol. The number of carbonyl (C=O) groups excluding carboxylic acids is 1. The first-order valence-electron chi connectivity index (χ1n) is 5.57. The molecular formula is C13H10N4O3. The maximum absolute atomic E-state index is 11.6. The number of nitrogens with one attached hydrogen (secondary N) is 2. The number of anilines is 1. The minimum absolute atomic E-state index is 0.0559. The lowest BCUT2D eigenvalue weighted by atomic mass is 10.3. The van der Waals surface area contributed by atoms with Gasteiger partial charge in [-0.2, -0.15) is 0 Å². The Morgan fingerprint density at radius 3 is 3.05 bits per heavy atom. The van der Waals surface area contributed by atoms with Crippen LogP contribution in [0.2, 0.25) is 0 Å². The van der Waals surface area contributed by atoms with Crippen LogP contribution in [0.25, 0.3) is 0 Å². The number of terminal acetylenes is 1. The molecule has 0 unspecified atom stereocenters. The minimum Gasteiger partial charge on any atom is -0.444 e. The lowest BCUT2D eigenvalue weighted by Gasteiger charge is -2.07. The summed E-state index contributed by atoms with van der Waals surface area (Å²) in [5, 5.41) is 2.35. The fraction of sp³-hybridized carbons (Fsp3) is 0.0769. The SMILES string of the molecule is C#Cc1cnc(=O)[nH]c1NC(=O)OCc1cccnc1. The van der Waals surface area contributed by atoms with Gasteiger partial charge in [-0.3, -0.25) is 15.3 Å². The Morgan fingerprint density at radius 2 is 2.35 bits per heavy atom. The summed E-state index contributed by atoms with van der Waals surface area (Å²) in [4.78, 5) is 32.4. The van der Waals surface area contributed by atoms with Gasteiger partial charge in [0.1, 0.15) is 12.4 Å². The van der Waals surface area contributed by atoms with Gasteiger partial charge in [0.05, 0.1) is 11.8 Å². The molecule has 0 spiro atoms. The van der Waals surface area contributed by atoms with Crippen LogP contribution >= 0.6 is 0 Å². The van der Waals surface area contributed by atoms with Crippen molar-refractivity contribution in [1.29, 1.82) is 0 Å². The molecule has 0 saturated carbocycles. The first-order chi connectivity index (χ1) is 9.69. The summed E-state index contributed by atoms with van der Waals surface area (Å²) in [6, 6.07) is 3.49. The quantitative estimate of drug-likeness (QED) is 0.807. The normalized spacial score (nSPS) is 9.55. The van der Waals surface area contributed by atoms with Crippen LogP contribution in [-0.2, 0) is 11.3 Å². The van der Waals surface area contributed by atoms with E-state index < -0.39 is 11.8 Å². The molecule has 0 saturated heterocycles. The zero-order chi connectivity index (χ0) is 14.4. The molecule has 0 aliphatic carbocycles. The van der Waals surface area contributed by atoms with E-state index in [0.29, 0.717) is 0 Å². The summed E-state index contributed by atoms with van der Waals surface area (Å²) >= 11 is 0. The maximum atomic E-state index is 11.6. The van der Waals surface area contributed by atoms with Crippen molar-refractivity contribution in [2.75, 3.05) is 5.32 Å².